The first-order chi connectivity index (χ1) is 13.9. The van der Waals surface area contributed by atoms with Crippen LogP contribution >= 0.6 is 0 Å². The number of amides is 1. The first-order valence-electron chi connectivity index (χ1n) is 9.98. The molecule has 0 aliphatic carbocycles. The lowest BCUT2D eigenvalue weighted by Crippen LogP contribution is -2.40. The summed E-state index contributed by atoms with van der Waals surface area (Å²) in [5.41, 5.74) is 2.10. The van der Waals surface area contributed by atoms with Gasteiger partial charge in [0.05, 0.1) is 24.0 Å². The fraction of sp³-hybridized carbons (Fsp3) is 0.409. The molecule has 3 rings (SSSR count). The molecule has 1 aliphatic rings. The van der Waals surface area contributed by atoms with Gasteiger partial charge >= 0.3 is 0 Å². The maximum absolute atomic E-state index is 13.1. The molecule has 0 bridgehead atoms. The SMILES string of the molecule is CCC[C@H](C(=O)Nc1ccc(C)c(S(=O)(=O)N2CCOCC2)c1)c1ccccc1. The van der Waals surface area contributed by atoms with Crippen molar-refractivity contribution in [2.75, 3.05) is 31.6 Å². The number of carbonyl (C=O) groups is 1. The van der Waals surface area contributed by atoms with Crippen LogP contribution in [-0.2, 0) is 19.6 Å². The van der Waals surface area contributed by atoms with E-state index in [1.165, 1.54) is 4.31 Å². The molecule has 1 fully saturated rings. The van der Waals surface area contributed by atoms with Gasteiger partial charge in [-0.05, 0) is 36.6 Å². The van der Waals surface area contributed by atoms with Crippen LogP contribution in [0.25, 0.3) is 0 Å². The number of rotatable bonds is 7. The van der Waals surface area contributed by atoms with Crippen LogP contribution in [0.15, 0.2) is 53.4 Å². The third-order valence-corrected chi connectivity index (χ3v) is 7.18. The number of sulfonamides is 1. The zero-order chi connectivity index (χ0) is 20.9. The highest BCUT2D eigenvalue weighted by atomic mass is 32.2. The Labute approximate surface area is 172 Å². The van der Waals surface area contributed by atoms with Crippen molar-refractivity contribution in [3.63, 3.8) is 0 Å². The average molecular weight is 417 g/mol. The summed E-state index contributed by atoms with van der Waals surface area (Å²) in [7, 11) is -3.63. The zero-order valence-corrected chi connectivity index (χ0v) is 17.7. The standard InChI is InChI=1S/C22H28N2O4S/c1-3-7-20(18-8-5-4-6-9-18)22(25)23-19-11-10-17(2)21(16-19)29(26,27)24-12-14-28-15-13-24/h4-6,8-11,16,20H,3,7,12-15H2,1-2H3,(H,23,25)/t20-/m0/s1. The molecule has 29 heavy (non-hydrogen) atoms. The van der Waals surface area contributed by atoms with Crippen molar-refractivity contribution in [3.05, 3.63) is 59.7 Å². The van der Waals surface area contributed by atoms with Gasteiger partial charge in [0, 0.05) is 18.8 Å². The van der Waals surface area contributed by atoms with Gasteiger partial charge < -0.3 is 10.1 Å². The maximum Gasteiger partial charge on any atom is 0.243 e. The number of nitrogens with zero attached hydrogens (tertiary/aromatic N) is 1. The second kappa shape index (κ2) is 9.52. The van der Waals surface area contributed by atoms with Crippen molar-refractivity contribution >= 4 is 21.6 Å². The Balaban J connectivity index is 1.84. The number of nitrogens with one attached hydrogen (secondary N) is 1. The second-order valence-electron chi connectivity index (χ2n) is 7.24. The molecule has 6 nitrogen and oxygen atoms in total. The van der Waals surface area contributed by atoms with E-state index in [4.69, 9.17) is 4.74 Å². The van der Waals surface area contributed by atoms with E-state index in [1.54, 1.807) is 25.1 Å². The first kappa shape index (κ1) is 21.5. The monoisotopic (exact) mass is 416 g/mol. The van der Waals surface area contributed by atoms with Crippen molar-refractivity contribution in [3.8, 4) is 0 Å². The van der Waals surface area contributed by atoms with E-state index in [1.807, 2.05) is 37.3 Å². The number of carbonyl (C=O) groups excluding carboxylic acids is 1. The van der Waals surface area contributed by atoms with Crippen molar-refractivity contribution in [2.45, 2.75) is 37.5 Å². The summed E-state index contributed by atoms with van der Waals surface area (Å²) < 4.78 is 32.8. The summed E-state index contributed by atoms with van der Waals surface area (Å²) in [4.78, 5) is 13.2. The molecule has 1 saturated heterocycles. The summed E-state index contributed by atoms with van der Waals surface area (Å²) in [6.45, 7) is 5.27. The Morgan fingerprint density at radius 1 is 1.14 bits per heavy atom. The molecule has 156 valence electrons. The van der Waals surface area contributed by atoms with Gasteiger partial charge in [0.15, 0.2) is 0 Å². The molecule has 7 heteroatoms. The molecule has 1 heterocycles. The highest BCUT2D eigenvalue weighted by Gasteiger charge is 2.28. The van der Waals surface area contributed by atoms with Crippen LogP contribution in [0, 0.1) is 6.92 Å². The molecule has 1 amide bonds. The fourth-order valence-corrected chi connectivity index (χ4v) is 5.19. The molecule has 1 aliphatic heterocycles. The number of benzene rings is 2. The van der Waals surface area contributed by atoms with Gasteiger partial charge in [-0.2, -0.15) is 4.31 Å². The normalized spacial score (nSPS) is 16.3. The van der Waals surface area contributed by atoms with Crippen molar-refractivity contribution in [1.29, 1.82) is 0 Å². The maximum atomic E-state index is 13.1. The summed E-state index contributed by atoms with van der Waals surface area (Å²) in [5, 5.41) is 2.92. The summed E-state index contributed by atoms with van der Waals surface area (Å²) in [6, 6.07) is 14.7. The third-order valence-electron chi connectivity index (χ3n) is 5.14. The lowest BCUT2D eigenvalue weighted by Gasteiger charge is -2.27. The Morgan fingerprint density at radius 2 is 1.83 bits per heavy atom. The molecular formula is C22H28N2O4S. The Hall–Kier alpha value is -2.22. The summed E-state index contributed by atoms with van der Waals surface area (Å²) >= 11 is 0. The lowest BCUT2D eigenvalue weighted by atomic mass is 9.93. The second-order valence-corrected chi connectivity index (χ2v) is 9.14. The minimum absolute atomic E-state index is 0.128. The Morgan fingerprint density at radius 3 is 2.48 bits per heavy atom. The number of anilines is 1. The number of morpholine rings is 1. The topological polar surface area (TPSA) is 75.7 Å². The number of hydrogen-bond acceptors (Lipinski definition) is 4. The molecule has 0 aromatic heterocycles. The molecular weight excluding hydrogens is 388 g/mol. The zero-order valence-electron chi connectivity index (χ0n) is 16.9. The Kier molecular flexibility index (Phi) is 7.05. The third kappa shape index (κ3) is 5.04. The fourth-order valence-electron chi connectivity index (χ4n) is 3.53. The predicted octanol–water partition coefficient (Wildman–Crippen LogP) is 3.54. The van der Waals surface area contributed by atoms with E-state index >= 15 is 0 Å². The lowest BCUT2D eigenvalue weighted by molar-refractivity contribution is -0.117. The van der Waals surface area contributed by atoms with Crippen LogP contribution in [0.3, 0.4) is 0 Å². The van der Waals surface area contributed by atoms with Crippen LogP contribution in [0.1, 0.15) is 36.8 Å². The minimum atomic E-state index is -3.63. The van der Waals surface area contributed by atoms with Crippen LogP contribution in [-0.4, -0.2) is 44.9 Å². The predicted molar refractivity (Wildman–Crippen MR) is 113 cm³/mol. The van der Waals surface area contributed by atoms with E-state index in [2.05, 4.69) is 5.32 Å². The van der Waals surface area contributed by atoms with E-state index in [0.29, 0.717) is 37.6 Å². The van der Waals surface area contributed by atoms with Crippen molar-refractivity contribution in [2.24, 2.45) is 0 Å². The van der Waals surface area contributed by atoms with Crippen molar-refractivity contribution < 1.29 is 17.9 Å². The van der Waals surface area contributed by atoms with Gasteiger partial charge in [0.1, 0.15) is 0 Å². The smallest absolute Gasteiger partial charge is 0.243 e. The Bertz CT molecular complexity index is 939. The van der Waals surface area contributed by atoms with Crippen LogP contribution in [0.5, 0.6) is 0 Å². The number of aryl methyl sites for hydroxylation is 1. The number of hydrogen-bond donors (Lipinski definition) is 1. The first-order valence-corrected chi connectivity index (χ1v) is 11.4. The molecule has 1 atom stereocenters. The molecule has 0 spiro atoms. The van der Waals surface area contributed by atoms with Gasteiger partial charge in [-0.3, -0.25) is 4.79 Å². The minimum Gasteiger partial charge on any atom is -0.379 e. The quantitative estimate of drug-likeness (QED) is 0.749. The van der Waals surface area contributed by atoms with Gasteiger partial charge in [0.25, 0.3) is 0 Å². The molecule has 1 N–H and O–H groups in total. The summed E-state index contributed by atoms with van der Waals surface area (Å²) in [5.74, 6) is -0.404. The van der Waals surface area contributed by atoms with E-state index < -0.39 is 10.0 Å². The molecule has 0 saturated carbocycles. The highest BCUT2D eigenvalue weighted by Crippen LogP contribution is 2.27. The summed E-state index contributed by atoms with van der Waals surface area (Å²) in [6.07, 6.45) is 1.60. The van der Waals surface area contributed by atoms with Crippen LogP contribution in [0.4, 0.5) is 5.69 Å². The van der Waals surface area contributed by atoms with E-state index in [9.17, 15) is 13.2 Å². The van der Waals surface area contributed by atoms with Gasteiger partial charge in [-0.25, -0.2) is 8.42 Å². The van der Waals surface area contributed by atoms with Gasteiger partial charge in [-0.15, -0.1) is 0 Å². The molecule has 0 radical (unpaired) electrons. The largest absolute Gasteiger partial charge is 0.379 e. The van der Waals surface area contributed by atoms with Crippen LogP contribution < -0.4 is 5.32 Å². The van der Waals surface area contributed by atoms with E-state index in [-0.39, 0.29) is 16.7 Å². The van der Waals surface area contributed by atoms with E-state index in [0.717, 1.165) is 18.4 Å². The molecule has 2 aromatic rings. The number of ether oxygens (including phenoxy) is 1. The van der Waals surface area contributed by atoms with Crippen molar-refractivity contribution in [1.82, 2.24) is 4.31 Å². The molecule has 0 unspecified atom stereocenters. The van der Waals surface area contributed by atoms with Gasteiger partial charge in [0.2, 0.25) is 15.9 Å². The highest BCUT2D eigenvalue weighted by molar-refractivity contribution is 7.89. The van der Waals surface area contributed by atoms with Crippen LogP contribution in [0.2, 0.25) is 0 Å². The molecule has 2 aromatic carbocycles. The average Bonchev–Trinajstić information content (AvgIpc) is 2.74. The van der Waals surface area contributed by atoms with Gasteiger partial charge in [-0.1, -0.05) is 49.7 Å².